The van der Waals surface area contributed by atoms with Gasteiger partial charge in [0.1, 0.15) is 17.1 Å². The molecule has 1 amide bonds. The second kappa shape index (κ2) is 6.86. The number of methoxy groups -OCH3 is 1. The molecule has 0 saturated carbocycles. The lowest BCUT2D eigenvalue weighted by atomic mass is 10.0. The number of rotatable bonds is 4. The minimum Gasteiger partial charge on any atom is -0.384 e. The van der Waals surface area contributed by atoms with Crippen LogP contribution in [0.4, 0.5) is 0 Å². The molecule has 0 spiro atoms. The van der Waals surface area contributed by atoms with Crippen LogP contribution >= 0.6 is 11.3 Å². The number of hydrogen-bond donors (Lipinski definition) is 2. The first-order valence-electron chi connectivity index (χ1n) is 6.29. The molecule has 2 rings (SSSR count). The van der Waals surface area contributed by atoms with Crippen LogP contribution in [0.1, 0.15) is 21.7 Å². The second-order valence-electron chi connectivity index (χ2n) is 4.50. The average Bonchev–Trinajstić information content (AvgIpc) is 3.12. The Morgan fingerprint density at radius 3 is 3.20 bits per heavy atom. The van der Waals surface area contributed by atoms with Crippen LogP contribution in [0.2, 0.25) is 0 Å². The third-order valence-corrected chi connectivity index (χ3v) is 4.16. The van der Waals surface area contributed by atoms with E-state index in [1.165, 1.54) is 11.3 Å². The van der Waals surface area contributed by atoms with Gasteiger partial charge in [-0.2, -0.15) is 0 Å². The molecule has 1 aromatic heterocycles. The zero-order valence-electron chi connectivity index (χ0n) is 11.3. The standard InChI is InChI=1S/C14H17NO4S/c1-18-14(5-7-19-10-14)9-15-13(17)12-11(3-2-6-16)4-8-20-12/h4,8,16H,5-7,9-10H2,1H3,(H,15,17). The number of aliphatic hydroxyl groups excluding tert-OH is 1. The fraction of sp³-hybridized carbons (Fsp3) is 0.500. The van der Waals surface area contributed by atoms with Crippen molar-refractivity contribution in [2.75, 3.05) is 33.5 Å². The van der Waals surface area contributed by atoms with Crippen molar-refractivity contribution < 1.29 is 19.4 Å². The topological polar surface area (TPSA) is 67.8 Å². The molecule has 1 atom stereocenters. The molecule has 1 saturated heterocycles. The molecular weight excluding hydrogens is 278 g/mol. The van der Waals surface area contributed by atoms with Crippen LogP contribution in [-0.4, -0.2) is 50.1 Å². The second-order valence-corrected chi connectivity index (χ2v) is 5.41. The van der Waals surface area contributed by atoms with E-state index in [9.17, 15) is 4.79 Å². The van der Waals surface area contributed by atoms with Crippen molar-refractivity contribution in [3.8, 4) is 11.8 Å². The molecule has 1 fully saturated rings. The lowest BCUT2D eigenvalue weighted by Gasteiger charge is -2.25. The third-order valence-electron chi connectivity index (χ3n) is 3.24. The van der Waals surface area contributed by atoms with Crippen LogP contribution in [0.3, 0.4) is 0 Å². The summed E-state index contributed by atoms with van der Waals surface area (Å²) in [5.74, 6) is 5.14. The van der Waals surface area contributed by atoms with E-state index >= 15 is 0 Å². The highest BCUT2D eigenvalue weighted by atomic mass is 32.1. The number of amides is 1. The minimum absolute atomic E-state index is 0.175. The van der Waals surface area contributed by atoms with Gasteiger partial charge in [-0.05, 0) is 11.4 Å². The number of thiophene rings is 1. The first kappa shape index (κ1) is 15.0. The Labute approximate surface area is 121 Å². The first-order valence-corrected chi connectivity index (χ1v) is 7.17. The summed E-state index contributed by atoms with van der Waals surface area (Å²) in [6.45, 7) is 1.33. The molecule has 2 N–H and O–H groups in total. The summed E-state index contributed by atoms with van der Waals surface area (Å²) in [5.41, 5.74) is 0.208. The molecule has 2 heterocycles. The fourth-order valence-corrected chi connectivity index (χ4v) is 2.77. The molecular formula is C14H17NO4S. The highest BCUT2D eigenvalue weighted by Gasteiger charge is 2.35. The molecule has 5 nitrogen and oxygen atoms in total. The quantitative estimate of drug-likeness (QED) is 0.800. The molecule has 1 aliphatic rings. The van der Waals surface area contributed by atoms with Gasteiger partial charge in [0.15, 0.2) is 0 Å². The molecule has 1 aliphatic heterocycles. The van der Waals surface area contributed by atoms with E-state index in [2.05, 4.69) is 17.2 Å². The van der Waals surface area contributed by atoms with Gasteiger partial charge in [0.25, 0.3) is 5.91 Å². The van der Waals surface area contributed by atoms with Gasteiger partial charge in [-0.25, -0.2) is 0 Å². The summed E-state index contributed by atoms with van der Waals surface area (Å²) >= 11 is 1.33. The number of carbonyl (C=O) groups excluding carboxylic acids is 1. The van der Waals surface area contributed by atoms with Crippen molar-refractivity contribution in [3.05, 3.63) is 21.9 Å². The summed E-state index contributed by atoms with van der Waals surface area (Å²) in [6.07, 6.45) is 0.769. The summed E-state index contributed by atoms with van der Waals surface area (Å²) < 4.78 is 10.8. The largest absolute Gasteiger partial charge is 0.384 e. The summed E-state index contributed by atoms with van der Waals surface area (Å²) in [5, 5.41) is 13.4. The van der Waals surface area contributed by atoms with E-state index in [1.54, 1.807) is 18.6 Å². The Hall–Kier alpha value is -1.39. The van der Waals surface area contributed by atoms with Crippen LogP contribution in [0.25, 0.3) is 0 Å². The summed E-state index contributed by atoms with van der Waals surface area (Å²) in [6, 6.07) is 1.77. The van der Waals surface area contributed by atoms with Gasteiger partial charge in [-0.3, -0.25) is 4.79 Å². The van der Waals surface area contributed by atoms with E-state index in [4.69, 9.17) is 14.6 Å². The molecule has 0 radical (unpaired) electrons. The van der Waals surface area contributed by atoms with E-state index < -0.39 is 5.60 Å². The van der Waals surface area contributed by atoms with Gasteiger partial charge in [0, 0.05) is 32.2 Å². The third kappa shape index (κ3) is 3.38. The predicted octanol–water partition coefficient (Wildman–Crippen LogP) is 0.627. The molecule has 0 aromatic carbocycles. The van der Waals surface area contributed by atoms with E-state index in [1.807, 2.05) is 0 Å². The molecule has 1 aromatic rings. The van der Waals surface area contributed by atoms with Crippen LogP contribution in [-0.2, 0) is 9.47 Å². The van der Waals surface area contributed by atoms with E-state index in [0.29, 0.717) is 30.2 Å². The van der Waals surface area contributed by atoms with E-state index in [-0.39, 0.29) is 12.5 Å². The van der Waals surface area contributed by atoms with Gasteiger partial charge in [0.05, 0.1) is 6.61 Å². The zero-order valence-corrected chi connectivity index (χ0v) is 12.1. The number of nitrogens with one attached hydrogen (secondary N) is 1. The van der Waals surface area contributed by atoms with Crippen molar-refractivity contribution in [1.29, 1.82) is 0 Å². The predicted molar refractivity (Wildman–Crippen MR) is 75.8 cm³/mol. The maximum absolute atomic E-state index is 12.2. The highest BCUT2D eigenvalue weighted by molar-refractivity contribution is 7.12. The lowest BCUT2D eigenvalue weighted by molar-refractivity contribution is -0.0148. The number of hydrogen-bond acceptors (Lipinski definition) is 5. The number of carbonyl (C=O) groups is 1. The lowest BCUT2D eigenvalue weighted by Crippen LogP contribution is -2.44. The minimum atomic E-state index is -0.427. The van der Waals surface area contributed by atoms with Crippen molar-refractivity contribution in [2.24, 2.45) is 0 Å². The zero-order chi connectivity index (χ0) is 14.4. The van der Waals surface area contributed by atoms with Crippen molar-refractivity contribution in [2.45, 2.75) is 12.0 Å². The van der Waals surface area contributed by atoms with Crippen LogP contribution < -0.4 is 5.32 Å². The Morgan fingerprint density at radius 1 is 1.70 bits per heavy atom. The number of ether oxygens (including phenoxy) is 2. The smallest absolute Gasteiger partial charge is 0.262 e. The first-order chi connectivity index (χ1) is 9.71. The molecule has 1 unspecified atom stereocenters. The van der Waals surface area contributed by atoms with Crippen molar-refractivity contribution in [3.63, 3.8) is 0 Å². The van der Waals surface area contributed by atoms with Crippen molar-refractivity contribution in [1.82, 2.24) is 5.32 Å². The maximum atomic E-state index is 12.2. The normalized spacial score (nSPS) is 21.3. The van der Waals surface area contributed by atoms with Crippen LogP contribution in [0.5, 0.6) is 0 Å². The number of aliphatic hydroxyl groups is 1. The van der Waals surface area contributed by atoms with Gasteiger partial charge in [0.2, 0.25) is 0 Å². The summed E-state index contributed by atoms with van der Waals surface area (Å²) in [4.78, 5) is 12.7. The molecule has 6 heteroatoms. The van der Waals surface area contributed by atoms with Gasteiger partial charge < -0.3 is 19.9 Å². The van der Waals surface area contributed by atoms with Crippen LogP contribution in [0.15, 0.2) is 11.4 Å². The SMILES string of the molecule is COC1(CNC(=O)c2sccc2C#CCO)CCOC1. The summed E-state index contributed by atoms with van der Waals surface area (Å²) in [7, 11) is 1.63. The Kier molecular flexibility index (Phi) is 5.15. The average molecular weight is 295 g/mol. The van der Waals surface area contributed by atoms with Gasteiger partial charge in [-0.15, -0.1) is 11.3 Å². The van der Waals surface area contributed by atoms with Crippen LogP contribution in [0, 0.1) is 11.8 Å². The van der Waals surface area contributed by atoms with E-state index in [0.717, 1.165) is 6.42 Å². The molecule has 20 heavy (non-hydrogen) atoms. The molecule has 0 aliphatic carbocycles. The molecule has 0 bridgehead atoms. The van der Waals surface area contributed by atoms with Gasteiger partial charge in [-0.1, -0.05) is 11.8 Å². The maximum Gasteiger partial charge on any atom is 0.262 e. The van der Waals surface area contributed by atoms with Gasteiger partial charge >= 0.3 is 0 Å². The Bertz CT molecular complexity index is 523. The van der Waals surface area contributed by atoms with Crippen molar-refractivity contribution >= 4 is 17.2 Å². The monoisotopic (exact) mass is 295 g/mol. The Balaban J connectivity index is 2.00. The molecule has 108 valence electrons. The highest BCUT2D eigenvalue weighted by Crippen LogP contribution is 2.22. The Morgan fingerprint density at radius 2 is 2.55 bits per heavy atom. The fourth-order valence-electron chi connectivity index (χ4n) is 2.00.